The first kappa shape index (κ1) is 11.8. The van der Waals surface area contributed by atoms with Crippen LogP contribution in [0.15, 0.2) is 4.99 Å². The zero-order valence-electron chi connectivity index (χ0n) is 8.08. The number of hydrogen-bond donors (Lipinski definition) is 0. The van der Waals surface area contributed by atoms with Crippen LogP contribution >= 0.6 is 0 Å². The highest BCUT2D eigenvalue weighted by Gasteiger charge is 2.16. The van der Waals surface area contributed by atoms with Crippen molar-refractivity contribution in [2.75, 3.05) is 7.11 Å². The highest BCUT2D eigenvalue weighted by atomic mass is 16.5. The van der Waals surface area contributed by atoms with Crippen molar-refractivity contribution in [2.24, 2.45) is 4.99 Å². The van der Waals surface area contributed by atoms with Gasteiger partial charge in [0.1, 0.15) is 0 Å². The second-order valence-corrected chi connectivity index (χ2v) is 2.76. The van der Waals surface area contributed by atoms with Gasteiger partial charge in [-0.25, -0.2) is 9.59 Å². The third kappa shape index (κ3) is 5.15. The minimum Gasteiger partial charge on any atom is -0.467 e. The summed E-state index contributed by atoms with van der Waals surface area (Å²) in [6.07, 6.45) is 4.92. The standard InChI is InChI=1S/C9H15NO3/c1-3-4-5-6-8(10-7-11)9(12)13-2/h8H,3-6H2,1-2H3. The van der Waals surface area contributed by atoms with E-state index in [1.54, 1.807) is 0 Å². The van der Waals surface area contributed by atoms with Crippen LogP contribution in [0.5, 0.6) is 0 Å². The second-order valence-electron chi connectivity index (χ2n) is 2.76. The van der Waals surface area contributed by atoms with Crippen molar-refractivity contribution >= 4 is 12.0 Å². The Kier molecular flexibility index (Phi) is 6.83. The van der Waals surface area contributed by atoms with E-state index < -0.39 is 12.0 Å². The smallest absolute Gasteiger partial charge is 0.331 e. The van der Waals surface area contributed by atoms with E-state index in [1.165, 1.54) is 13.2 Å². The van der Waals surface area contributed by atoms with Gasteiger partial charge in [0.2, 0.25) is 6.08 Å². The molecule has 1 unspecified atom stereocenters. The molecule has 0 aromatic heterocycles. The van der Waals surface area contributed by atoms with Crippen molar-refractivity contribution < 1.29 is 14.3 Å². The molecule has 0 aliphatic carbocycles. The zero-order valence-corrected chi connectivity index (χ0v) is 8.08. The van der Waals surface area contributed by atoms with Crippen LogP contribution in [0.3, 0.4) is 0 Å². The highest BCUT2D eigenvalue weighted by Crippen LogP contribution is 2.07. The van der Waals surface area contributed by atoms with E-state index in [4.69, 9.17) is 0 Å². The lowest BCUT2D eigenvalue weighted by atomic mass is 10.1. The fourth-order valence-corrected chi connectivity index (χ4v) is 1.02. The topological polar surface area (TPSA) is 55.7 Å². The van der Waals surface area contributed by atoms with Crippen LogP contribution in [0, 0.1) is 0 Å². The number of aliphatic imine (C=N–C) groups is 1. The van der Waals surface area contributed by atoms with Crippen LogP contribution in [-0.2, 0) is 14.3 Å². The molecule has 0 aliphatic rings. The third-order valence-electron chi connectivity index (χ3n) is 1.76. The van der Waals surface area contributed by atoms with Gasteiger partial charge < -0.3 is 4.74 Å². The van der Waals surface area contributed by atoms with Gasteiger partial charge in [0, 0.05) is 0 Å². The van der Waals surface area contributed by atoms with E-state index in [1.807, 2.05) is 0 Å². The number of hydrogen-bond acceptors (Lipinski definition) is 4. The van der Waals surface area contributed by atoms with Crippen LogP contribution in [0.25, 0.3) is 0 Å². The molecule has 0 aromatic carbocycles. The zero-order chi connectivity index (χ0) is 10.1. The molecule has 4 heteroatoms. The maximum Gasteiger partial charge on any atom is 0.331 e. The van der Waals surface area contributed by atoms with Gasteiger partial charge in [-0.15, -0.1) is 0 Å². The maximum atomic E-state index is 11.0. The normalized spacial score (nSPS) is 11.5. The van der Waals surface area contributed by atoms with Crippen molar-refractivity contribution in [3.8, 4) is 0 Å². The molecule has 13 heavy (non-hydrogen) atoms. The van der Waals surface area contributed by atoms with Crippen molar-refractivity contribution in [3.05, 3.63) is 0 Å². The Hall–Kier alpha value is -1.15. The Labute approximate surface area is 78.0 Å². The molecule has 0 amide bonds. The lowest BCUT2D eigenvalue weighted by Crippen LogP contribution is -2.19. The molecule has 0 aromatic rings. The van der Waals surface area contributed by atoms with Crippen molar-refractivity contribution in [1.82, 2.24) is 0 Å². The average molecular weight is 185 g/mol. The molecule has 1 atom stereocenters. The van der Waals surface area contributed by atoms with Gasteiger partial charge in [0.25, 0.3) is 0 Å². The van der Waals surface area contributed by atoms with Crippen LogP contribution in [0.4, 0.5) is 0 Å². The summed E-state index contributed by atoms with van der Waals surface area (Å²) in [5.41, 5.74) is 0. The Morgan fingerprint density at radius 2 is 2.23 bits per heavy atom. The van der Waals surface area contributed by atoms with Gasteiger partial charge in [-0.2, -0.15) is 4.99 Å². The van der Waals surface area contributed by atoms with E-state index in [0.29, 0.717) is 6.42 Å². The van der Waals surface area contributed by atoms with E-state index in [2.05, 4.69) is 16.7 Å². The molecular weight excluding hydrogens is 170 g/mol. The number of unbranched alkanes of at least 4 members (excludes halogenated alkanes) is 2. The second kappa shape index (κ2) is 7.50. The molecule has 0 rings (SSSR count). The lowest BCUT2D eigenvalue weighted by molar-refractivity contribution is -0.142. The largest absolute Gasteiger partial charge is 0.467 e. The quantitative estimate of drug-likeness (QED) is 0.272. The first-order valence-corrected chi connectivity index (χ1v) is 4.41. The van der Waals surface area contributed by atoms with Crippen LogP contribution in [0.1, 0.15) is 32.6 Å². The first-order valence-electron chi connectivity index (χ1n) is 4.41. The molecule has 0 aliphatic heterocycles. The van der Waals surface area contributed by atoms with Crippen LogP contribution in [-0.4, -0.2) is 25.2 Å². The molecule has 4 nitrogen and oxygen atoms in total. The minimum atomic E-state index is -0.658. The van der Waals surface area contributed by atoms with Gasteiger partial charge in [0.15, 0.2) is 6.04 Å². The molecule has 0 bridgehead atoms. The average Bonchev–Trinajstić information content (AvgIpc) is 2.16. The Morgan fingerprint density at radius 1 is 1.54 bits per heavy atom. The van der Waals surface area contributed by atoms with Gasteiger partial charge in [-0.05, 0) is 6.42 Å². The van der Waals surface area contributed by atoms with Gasteiger partial charge >= 0.3 is 5.97 Å². The van der Waals surface area contributed by atoms with E-state index in [9.17, 15) is 9.59 Å². The number of isocyanates is 1. The molecule has 0 saturated carbocycles. The van der Waals surface area contributed by atoms with E-state index >= 15 is 0 Å². The number of methoxy groups -OCH3 is 1. The Balaban J connectivity index is 3.94. The number of carbonyl (C=O) groups is 1. The van der Waals surface area contributed by atoms with Crippen molar-refractivity contribution in [3.63, 3.8) is 0 Å². The summed E-state index contributed by atoms with van der Waals surface area (Å²) >= 11 is 0. The number of rotatable bonds is 6. The lowest BCUT2D eigenvalue weighted by Gasteiger charge is -2.06. The Bertz CT molecular complexity index is 197. The fraction of sp³-hybridized carbons (Fsp3) is 0.778. The Morgan fingerprint density at radius 3 is 2.69 bits per heavy atom. The third-order valence-corrected chi connectivity index (χ3v) is 1.76. The highest BCUT2D eigenvalue weighted by molar-refractivity contribution is 5.76. The molecule has 0 heterocycles. The number of nitrogens with zero attached hydrogens (tertiary/aromatic N) is 1. The molecule has 0 radical (unpaired) electrons. The maximum absolute atomic E-state index is 11.0. The fourth-order valence-electron chi connectivity index (χ4n) is 1.02. The molecule has 0 saturated heterocycles. The van der Waals surface area contributed by atoms with E-state index in [-0.39, 0.29) is 0 Å². The monoisotopic (exact) mass is 185 g/mol. The van der Waals surface area contributed by atoms with E-state index in [0.717, 1.165) is 19.3 Å². The van der Waals surface area contributed by atoms with Gasteiger partial charge in [-0.1, -0.05) is 26.2 Å². The molecule has 0 fully saturated rings. The predicted molar refractivity (Wildman–Crippen MR) is 48.1 cm³/mol. The first-order chi connectivity index (χ1) is 6.26. The number of carbonyl (C=O) groups excluding carboxylic acids is 2. The van der Waals surface area contributed by atoms with Crippen LogP contribution < -0.4 is 0 Å². The molecule has 0 spiro atoms. The van der Waals surface area contributed by atoms with Gasteiger partial charge in [-0.3, -0.25) is 0 Å². The minimum absolute atomic E-state index is 0.459. The SMILES string of the molecule is CCCCCC(N=C=O)C(=O)OC. The number of esters is 1. The van der Waals surface area contributed by atoms with Crippen molar-refractivity contribution in [1.29, 1.82) is 0 Å². The summed E-state index contributed by atoms with van der Waals surface area (Å²) in [6.45, 7) is 2.07. The predicted octanol–water partition coefficient (Wildman–Crippen LogP) is 1.44. The summed E-state index contributed by atoms with van der Waals surface area (Å²) in [4.78, 5) is 24.4. The summed E-state index contributed by atoms with van der Waals surface area (Å²) < 4.78 is 4.48. The summed E-state index contributed by atoms with van der Waals surface area (Å²) in [6, 6.07) is -0.658. The molecule has 74 valence electrons. The molecule has 0 N–H and O–H groups in total. The summed E-state index contributed by atoms with van der Waals surface area (Å²) in [5, 5.41) is 0. The van der Waals surface area contributed by atoms with Crippen LogP contribution in [0.2, 0.25) is 0 Å². The van der Waals surface area contributed by atoms with Gasteiger partial charge in [0.05, 0.1) is 7.11 Å². The van der Waals surface area contributed by atoms with Crippen molar-refractivity contribution in [2.45, 2.75) is 38.6 Å². The number of ether oxygens (including phenoxy) is 1. The molecular formula is C9H15NO3. The summed E-state index contributed by atoms with van der Waals surface area (Å²) in [7, 11) is 1.29. The summed E-state index contributed by atoms with van der Waals surface area (Å²) in [5.74, 6) is -0.459.